The summed E-state index contributed by atoms with van der Waals surface area (Å²) >= 11 is 0. The molecule has 0 aliphatic rings. The minimum atomic E-state index is 0.338. The van der Waals surface area contributed by atoms with Crippen LogP contribution in [0.15, 0.2) is 57.5 Å². The second-order valence-electron chi connectivity index (χ2n) is 8.04. The molecule has 0 fully saturated rings. The Morgan fingerprint density at radius 2 is 1.58 bits per heavy atom. The van der Waals surface area contributed by atoms with E-state index >= 15 is 0 Å². The topological polar surface area (TPSA) is 95.7 Å². The van der Waals surface area contributed by atoms with E-state index in [1.807, 2.05) is 50.2 Å². The summed E-state index contributed by atoms with van der Waals surface area (Å²) in [5.41, 5.74) is 6.45. The van der Waals surface area contributed by atoms with Crippen molar-refractivity contribution < 1.29 is 8.94 Å². The molecule has 0 unspecified atom stereocenters. The Morgan fingerprint density at radius 1 is 0.848 bits per heavy atom. The molecule has 0 spiro atoms. The number of rotatable bonds is 6. The Kier molecular flexibility index (Phi) is 5.34. The zero-order valence-corrected chi connectivity index (χ0v) is 19.0. The van der Waals surface area contributed by atoms with Gasteiger partial charge < -0.3 is 8.94 Å². The number of hydrogen-bond acceptors (Lipinski definition) is 7. The molecule has 3 aromatic heterocycles. The predicted octanol–water partition coefficient (Wildman–Crippen LogP) is 5.19. The highest BCUT2D eigenvalue weighted by atomic mass is 16.5. The summed E-state index contributed by atoms with van der Waals surface area (Å²) in [7, 11) is 0. The van der Waals surface area contributed by atoms with Gasteiger partial charge in [0.25, 0.3) is 5.89 Å². The van der Waals surface area contributed by atoms with Crippen LogP contribution in [-0.2, 0) is 13.0 Å². The molecular weight excluding hydrogens is 416 g/mol. The molecule has 3 heterocycles. The van der Waals surface area contributed by atoms with E-state index in [1.54, 1.807) is 4.68 Å². The SMILES string of the molecule is CCc1ccc(-c2noc(-c3nnn(Cc4nc(-c5ccc(C)cc5)oc4C)c3C)n2)cc1. The van der Waals surface area contributed by atoms with Crippen molar-refractivity contribution >= 4 is 0 Å². The summed E-state index contributed by atoms with van der Waals surface area (Å²) in [5, 5.41) is 12.7. The van der Waals surface area contributed by atoms with Gasteiger partial charge in [0, 0.05) is 11.1 Å². The molecular formula is C25H24N6O2. The summed E-state index contributed by atoms with van der Waals surface area (Å²) in [6.45, 7) is 8.43. The lowest BCUT2D eigenvalue weighted by Crippen LogP contribution is -2.05. The molecule has 0 amide bonds. The summed E-state index contributed by atoms with van der Waals surface area (Å²) in [6.07, 6.45) is 0.984. The first kappa shape index (κ1) is 20.8. The third-order valence-corrected chi connectivity index (χ3v) is 5.72. The molecule has 166 valence electrons. The van der Waals surface area contributed by atoms with Crippen LogP contribution in [-0.4, -0.2) is 30.1 Å². The van der Waals surface area contributed by atoms with Gasteiger partial charge in [-0.3, -0.25) is 0 Å². The van der Waals surface area contributed by atoms with E-state index in [4.69, 9.17) is 8.94 Å². The highest BCUT2D eigenvalue weighted by Crippen LogP contribution is 2.26. The van der Waals surface area contributed by atoms with Crippen LogP contribution in [0, 0.1) is 20.8 Å². The molecule has 8 heteroatoms. The largest absolute Gasteiger partial charge is 0.441 e. The highest BCUT2D eigenvalue weighted by Gasteiger charge is 2.20. The van der Waals surface area contributed by atoms with E-state index in [0.29, 0.717) is 29.8 Å². The molecule has 8 nitrogen and oxygen atoms in total. The van der Waals surface area contributed by atoms with Gasteiger partial charge in [0.2, 0.25) is 11.7 Å². The Balaban J connectivity index is 1.38. The first-order chi connectivity index (χ1) is 16.0. The monoisotopic (exact) mass is 440 g/mol. The van der Waals surface area contributed by atoms with Gasteiger partial charge in [0.15, 0.2) is 5.69 Å². The maximum Gasteiger partial charge on any atom is 0.280 e. The predicted molar refractivity (Wildman–Crippen MR) is 123 cm³/mol. The number of hydrogen-bond donors (Lipinski definition) is 0. The first-order valence-corrected chi connectivity index (χ1v) is 10.9. The van der Waals surface area contributed by atoms with Crippen molar-refractivity contribution in [2.24, 2.45) is 0 Å². The zero-order valence-electron chi connectivity index (χ0n) is 19.0. The number of nitrogens with zero attached hydrogens (tertiary/aromatic N) is 6. The van der Waals surface area contributed by atoms with E-state index in [0.717, 1.165) is 34.7 Å². The van der Waals surface area contributed by atoms with Crippen LogP contribution in [0.4, 0.5) is 0 Å². The highest BCUT2D eigenvalue weighted by molar-refractivity contribution is 5.59. The third-order valence-electron chi connectivity index (χ3n) is 5.72. The van der Waals surface area contributed by atoms with Crippen molar-refractivity contribution in [3.63, 3.8) is 0 Å². The van der Waals surface area contributed by atoms with Crippen LogP contribution < -0.4 is 0 Å². The Labute approximate surface area is 191 Å². The summed E-state index contributed by atoms with van der Waals surface area (Å²) in [6, 6.07) is 16.2. The van der Waals surface area contributed by atoms with Crippen LogP contribution in [0.2, 0.25) is 0 Å². The molecule has 2 aromatic carbocycles. The van der Waals surface area contributed by atoms with Gasteiger partial charge in [-0.1, -0.05) is 59.3 Å². The lowest BCUT2D eigenvalue weighted by molar-refractivity contribution is 0.430. The fraction of sp³-hybridized carbons (Fsp3) is 0.240. The van der Waals surface area contributed by atoms with Crippen molar-refractivity contribution in [1.29, 1.82) is 0 Å². The normalized spacial score (nSPS) is 11.3. The summed E-state index contributed by atoms with van der Waals surface area (Å²) in [4.78, 5) is 9.21. The molecule has 0 aliphatic carbocycles. The zero-order chi connectivity index (χ0) is 22.9. The van der Waals surface area contributed by atoms with Crippen LogP contribution in [0.1, 0.15) is 35.2 Å². The Morgan fingerprint density at radius 3 is 2.30 bits per heavy atom. The van der Waals surface area contributed by atoms with E-state index < -0.39 is 0 Å². The number of oxazole rings is 1. The number of aromatic nitrogens is 6. The molecule has 33 heavy (non-hydrogen) atoms. The van der Waals surface area contributed by atoms with Crippen molar-refractivity contribution in [3.05, 3.63) is 76.8 Å². The molecule has 5 rings (SSSR count). The van der Waals surface area contributed by atoms with Gasteiger partial charge in [-0.25, -0.2) is 9.67 Å². The second-order valence-corrected chi connectivity index (χ2v) is 8.04. The standard InChI is InChI=1S/C25H24N6O2/c1-5-18-8-12-19(13-9-18)23-27-25(33-29-23)22-16(3)31(30-28-22)14-21-17(4)32-24(26-21)20-10-6-15(2)7-11-20/h6-13H,5,14H2,1-4H3. The smallest absolute Gasteiger partial charge is 0.280 e. The quantitative estimate of drug-likeness (QED) is 0.359. The minimum Gasteiger partial charge on any atom is -0.441 e. The van der Waals surface area contributed by atoms with E-state index in [1.165, 1.54) is 11.1 Å². The molecule has 0 radical (unpaired) electrons. The molecule has 0 N–H and O–H groups in total. The maximum absolute atomic E-state index is 5.90. The molecule has 0 bridgehead atoms. The van der Waals surface area contributed by atoms with Crippen LogP contribution in [0.5, 0.6) is 0 Å². The van der Waals surface area contributed by atoms with Gasteiger partial charge >= 0.3 is 0 Å². The van der Waals surface area contributed by atoms with Gasteiger partial charge in [-0.2, -0.15) is 4.98 Å². The fourth-order valence-corrected chi connectivity index (χ4v) is 3.57. The third kappa shape index (κ3) is 4.07. The van der Waals surface area contributed by atoms with Crippen molar-refractivity contribution in [2.45, 2.75) is 40.7 Å². The van der Waals surface area contributed by atoms with E-state index in [-0.39, 0.29) is 0 Å². The van der Waals surface area contributed by atoms with Crippen molar-refractivity contribution in [2.75, 3.05) is 0 Å². The van der Waals surface area contributed by atoms with Gasteiger partial charge in [0.05, 0.1) is 12.2 Å². The van der Waals surface area contributed by atoms with Gasteiger partial charge in [-0.15, -0.1) is 5.10 Å². The summed E-state index contributed by atoms with van der Waals surface area (Å²) in [5.74, 6) is 2.20. The van der Waals surface area contributed by atoms with Crippen LogP contribution in [0.25, 0.3) is 34.4 Å². The van der Waals surface area contributed by atoms with Gasteiger partial charge in [-0.05, 0) is 44.9 Å². The lowest BCUT2D eigenvalue weighted by atomic mass is 10.1. The van der Waals surface area contributed by atoms with Gasteiger partial charge in [0.1, 0.15) is 11.5 Å². The fourth-order valence-electron chi connectivity index (χ4n) is 3.57. The number of aryl methyl sites for hydroxylation is 3. The van der Waals surface area contributed by atoms with Crippen LogP contribution >= 0.6 is 0 Å². The molecule has 0 saturated carbocycles. The molecule has 0 atom stereocenters. The van der Waals surface area contributed by atoms with Crippen molar-refractivity contribution in [1.82, 2.24) is 30.1 Å². The number of benzene rings is 2. The molecule has 0 saturated heterocycles. The maximum atomic E-state index is 5.90. The van der Waals surface area contributed by atoms with E-state index in [9.17, 15) is 0 Å². The first-order valence-electron chi connectivity index (χ1n) is 10.9. The lowest BCUT2D eigenvalue weighted by Gasteiger charge is -2.00. The second kappa shape index (κ2) is 8.46. The van der Waals surface area contributed by atoms with E-state index in [2.05, 4.69) is 51.4 Å². The molecule has 5 aromatic rings. The minimum absolute atomic E-state index is 0.338. The van der Waals surface area contributed by atoms with Crippen LogP contribution in [0.3, 0.4) is 0 Å². The average Bonchev–Trinajstić information content (AvgIpc) is 3.54. The Hall–Kier alpha value is -4.07. The summed E-state index contributed by atoms with van der Waals surface area (Å²) < 4.78 is 13.2. The van der Waals surface area contributed by atoms with Crippen molar-refractivity contribution in [3.8, 4) is 34.4 Å². The Bertz CT molecular complexity index is 1390. The average molecular weight is 441 g/mol. The molecule has 0 aliphatic heterocycles.